The minimum absolute atomic E-state index is 0.0235. The van der Waals surface area contributed by atoms with Crippen LogP contribution < -0.4 is 16.0 Å². The molecule has 6 aromatic rings. The third kappa shape index (κ3) is 10.1. The van der Waals surface area contributed by atoms with E-state index >= 15 is 0 Å². The van der Waals surface area contributed by atoms with Gasteiger partial charge in [-0.25, -0.2) is 9.50 Å². The number of rotatable bonds is 12. The molecule has 1 aliphatic rings. The van der Waals surface area contributed by atoms with Crippen molar-refractivity contribution in [3.63, 3.8) is 0 Å². The molecule has 0 radical (unpaired) electrons. The van der Waals surface area contributed by atoms with E-state index in [-0.39, 0.29) is 41.5 Å². The van der Waals surface area contributed by atoms with Gasteiger partial charge in [-0.2, -0.15) is 10.1 Å². The molecule has 0 bridgehead atoms. The molecular formula is C43H46N8O6. The molecule has 3 aromatic heterocycles. The number of piperidine rings is 1. The molecule has 0 saturated carbocycles. The number of unbranched alkanes of at least 4 members (excludes halogenated alkanes) is 1. The van der Waals surface area contributed by atoms with E-state index in [4.69, 9.17) is 14.4 Å². The minimum atomic E-state index is -0.383. The third-order valence-electron chi connectivity index (χ3n) is 9.73. The van der Waals surface area contributed by atoms with E-state index < -0.39 is 0 Å². The topological polar surface area (TPSA) is 194 Å². The Kier molecular flexibility index (Phi) is 12.5. The van der Waals surface area contributed by atoms with Crippen molar-refractivity contribution < 1.29 is 28.8 Å². The van der Waals surface area contributed by atoms with Gasteiger partial charge in [0.05, 0.1) is 11.2 Å². The Hall–Kier alpha value is -6.70. The first-order chi connectivity index (χ1) is 27.4. The van der Waals surface area contributed by atoms with Gasteiger partial charge in [0, 0.05) is 41.4 Å². The number of carbonyl (C=O) groups excluding carboxylic acids is 3. The van der Waals surface area contributed by atoms with Crippen LogP contribution in [0.3, 0.4) is 0 Å². The lowest BCUT2D eigenvalue weighted by Crippen LogP contribution is -2.47. The average molecular weight is 771 g/mol. The predicted molar refractivity (Wildman–Crippen MR) is 214 cm³/mol. The first-order valence-electron chi connectivity index (χ1n) is 18.8. The molecule has 14 heteroatoms. The average Bonchev–Trinajstić information content (AvgIpc) is 3.87. The van der Waals surface area contributed by atoms with Crippen LogP contribution in [-0.4, -0.2) is 60.1 Å². The summed E-state index contributed by atoms with van der Waals surface area (Å²) in [5, 5.41) is 23.7. The van der Waals surface area contributed by atoms with Gasteiger partial charge in [0.25, 0.3) is 18.2 Å². The van der Waals surface area contributed by atoms with E-state index in [2.05, 4.69) is 84.7 Å². The fraction of sp³-hybridized carbons (Fsp3) is 0.302. The smallest absolute Gasteiger partial charge is 0.292 e. The molecule has 3 amide bonds. The Morgan fingerprint density at radius 2 is 1.63 bits per heavy atom. The summed E-state index contributed by atoms with van der Waals surface area (Å²) in [7, 11) is 0. The number of hydrogen-bond donors (Lipinski definition) is 4. The molecule has 3 aromatic carbocycles. The van der Waals surface area contributed by atoms with E-state index in [0.717, 1.165) is 70.4 Å². The quantitative estimate of drug-likeness (QED) is 0.0606. The molecule has 4 N–H and O–H groups in total. The Labute approximate surface area is 330 Å². The molecule has 14 nitrogen and oxygen atoms in total. The minimum Gasteiger partial charge on any atom is -0.483 e. The van der Waals surface area contributed by atoms with Crippen LogP contribution in [0.2, 0.25) is 0 Å². The van der Waals surface area contributed by atoms with Crippen molar-refractivity contribution in [1.29, 1.82) is 0 Å². The zero-order valence-corrected chi connectivity index (χ0v) is 32.4. The number of carboxylic acid groups (broad SMARTS) is 1. The predicted octanol–water partition coefficient (Wildman–Crippen LogP) is 6.47. The van der Waals surface area contributed by atoms with Crippen molar-refractivity contribution in [1.82, 2.24) is 35.4 Å². The second kappa shape index (κ2) is 17.8. The van der Waals surface area contributed by atoms with Crippen LogP contribution in [0, 0.1) is 6.92 Å². The SMILES string of the molecule is Cc1cc(-c2ncnn3cc(-c4ccc(CCCCc5ccc(NC6CCC(=O)NC6=O)cc5)cc4)cc23)ccc1CNC(=O)c1noc(C(C)(C)C)n1.O=CO. The second-order valence-electron chi connectivity index (χ2n) is 15.0. The Morgan fingerprint density at radius 1 is 0.965 bits per heavy atom. The van der Waals surface area contributed by atoms with Crippen LogP contribution in [-0.2, 0) is 39.2 Å². The lowest BCUT2D eigenvalue weighted by Gasteiger charge is -2.22. The zero-order chi connectivity index (χ0) is 40.5. The highest BCUT2D eigenvalue weighted by atomic mass is 16.5. The van der Waals surface area contributed by atoms with Gasteiger partial charge in [-0.05, 0) is 91.1 Å². The van der Waals surface area contributed by atoms with Crippen molar-refractivity contribution in [2.24, 2.45) is 0 Å². The normalized spacial score (nSPS) is 14.1. The van der Waals surface area contributed by atoms with E-state index in [1.807, 2.05) is 62.7 Å². The Balaban J connectivity index is 0.00000177. The standard InChI is InChI=1S/C42H44N8O4.CH2O2/c1-26-21-30(15-16-31(26)23-43-40(53)38-48-41(54-49-38)42(2,3)4)37-35-22-32(24-50(35)45-25-44-37)29-13-9-27(10-14-29)7-5-6-8-28-11-17-33(18-12-28)46-34-19-20-36(51)47-39(34)52;2-1-3/h9-18,21-22,24-25,34,46H,5-8,19-20,23H2,1-4H3,(H,43,53)(H,47,51,52);1H,(H,2,3). The first kappa shape index (κ1) is 40.0. The van der Waals surface area contributed by atoms with Gasteiger partial charge in [-0.1, -0.05) is 74.5 Å². The molecule has 1 unspecified atom stereocenters. The lowest BCUT2D eigenvalue weighted by molar-refractivity contribution is -0.133. The molecule has 294 valence electrons. The van der Waals surface area contributed by atoms with Crippen LogP contribution in [0.5, 0.6) is 0 Å². The van der Waals surface area contributed by atoms with Gasteiger partial charge in [0.15, 0.2) is 0 Å². The van der Waals surface area contributed by atoms with Crippen LogP contribution in [0.4, 0.5) is 5.69 Å². The number of imide groups is 1. The number of aryl methyl sites for hydroxylation is 3. The van der Waals surface area contributed by atoms with Crippen molar-refractivity contribution in [3.8, 4) is 22.4 Å². The number of anilines is 1. The van der Waals surface area contributed by atoms with Crippen LogP contribution in [0.15, 0.2) is 89.8 Å². The number of fused-ring (bicyclic) bond motifs is 1. The van der Waals surface area contributed by atoms with Gasteiger partial charge in [-0.3, -0.25) is 24.5 Å². The molecule has 1 saturated heterocycles. The van der Waals surface area contributed by atoms with Crippen LogP contribution in [0.1, 0.15) is 85.2 Å². The molecule has 1 aliphatic heterocycles. The first-order valence-corrected chi connectivity index (χ1v) is 18.8. The maximum Gasteiger partial charge on any atom is 0.292 e. The van der Waals surface area contributed by atoms with Gasteiger partial charge in [0.2, 0.25) is 17.7 Å². The van der Waals surface area contributed by atoms with E-state index in [9.17, 15) is 14.4 Å². The van der Waals surface area contributed by atoms with Crippen LogP contribution >= 0.6 is 0 Å². The molecule has 7 rings (SSSR count). The van der Waals surface area contributed by atoms with Crippen molar-refractivity contribution in [2.75, 3.05) is 5.32 Å². The van der Waals surface area contributed by atoms with Gasteiger partial charge >= 0.3 is 0 Å². The summed E-state index contributed by atoms with van der Waals surface area (Å²) in [6, 6.07) is 24.8. The summed E-state index contributed by atoms with van der Waals surface area (Å²) in [6.45, 7) is 7.95. The zero-order valence-electron chi connectivity index (χ0n) is 32.4. The molecular weight excluding hydrogens is 725 g/mol. The molecule has 1 fully saturated rings. The largest absolute Gasteiger partial charge is 0.483 e. The summed E-state index contributed by atoms with van der Waals surface area (Å²) in [6.07, 6.45) is 8.60. The fourth-order valence-electron chi connectivity index (χ4n) is 6.55. The van der Waals surface area contributed by atoms with Gasteiger partial charge in [-0.15, -0.1) is 0 Å². The molecule has 1 atom stereocenters. The number of amides is 3. The summed E-state index contributed by atoms with van der Waals surface area (Å²) in [5.74, 6) is -0.412. The summed E-state index contributed by atoms with van der Waals surface area (Å²) < 4.78 is 7.13. The summed E-state index contributed by atoms with van der Waals surface area (Å²) >= 11 is 0. The maximum atomic E-state index is 12.7. The van der Waals surface area contributed by atoms with Crippen molar-refractivity contribution in [2.45, 2.75) is 84.2 Å². The van der Waals surface area contributed by atoms with Crippen molar-refractivity contribution >= 4 is 35.4 Å². The molecule has 0 aliphatic carbocycles. The summed E-state index contributed by atoms with van der Waals surface area (Å²) in [5.41, 5.74) is 9.96. The summed E-state index contributed by atoms with van der Waals surface area (Å²) in [4.78, 5) is 53.4. The van der Waals surface area contributed by atoms with Crippen LogP contribution in [0.25, 0.3) is 27.9 Å². The Morgan fingerprint density at radius 3 is 2.26 bits per heavy atom. The van der Waals surface area contributed by atoms with E-state index in [1.165, 1.54) is 11.1 Å². The fourth-order valence-corrected chi connectivity index (χ4v) is 6.55. The highest BCUT2D eigenvalue weighted by Gasteiger charge is 2.26. The third-order valence-corrected chi connectivity index (χ3v) is 9.73. The number of nitrogens with zero attached hydrogens (tertiary/aromatic N) is 5. The van der Waals surface area contributed by atoms with Gasteiger partial charge in [0.1, 0.15) is 12.4 Å². The van der Waals surface area contributed by atoms with E-state index in [1.54, 1.807) is 6.33 Å². The number of hydrogen-bond acceptors (Lipinski definition) is 10. The highest BCUT2D eigenvalue weighted by Crippen LogP contribution is 2.30. The number of benzene rings is 3. The maximum absolute atomic E-state index is 12.7. The van der Waals surface area contributed by atoms with Crippen molar-refractivity contribution in [3.05, 3.63) is 119 Å². The lowest BCUT2D eigenvalue weighted by atomic mass is 9.97. The van der Waals surface area contributed by atoms with Gasteiger partial charge < -0.3 is 20.3 Å². The monoisotopic (exact) mass is 770 g/mol. The molecule has 57 heavy (non-hydrogen) atoms. The molecule has 4 heterocycles. The van der Waals surface area contributed by atoms with E-state index in [0.29, 0.717) is 25.3 Å². The second-order valence-corrected chi connectivity index (χ2v) is 15.0. The Bertz CT molecular complexity index is 2360. The molecule has 0 spiro atoms. The number of nitrogens with one attached hydrogen (secondary N) is 3. The highest BCUT2D eigenvalue weighted by molar-refractivity contribution is 6.01. The number of carbonyl (C=O) groups is 4. The number of aromatic nitrogens is 5.